The lowest BCUT2D eigenvalue weighted by molar-refractivity contribution is -0.118. The molecule has 0 aliphatic heterocycles. The molecule has 1 aromatic heterocycles. The van der Waals surface area contributed by atoms with Crippen LogP contribution in [0, 0.1) is 0 Å². The van der Waals surface area contributed by atoms with Crippen LogP contribution in [-0.4, -0.2) is 32.6 Å². The molecule has 0 unspecified atom stereocenters. The third-order valence-electron chi connectivity index (χ3n) is 5.55. The average Bonchev–Trinajstić information content (AvgIpc) is 3.20. The molecule has 34 heavy (non-hydrogen) atoms. The van der Waals surface area contributed by atoms with Gasteiger partial charge in [-0.3, -0.25) is 4.79 Å². The number of carbonyl (C=O) groups is 1. The van der Waals surface area contributed by atoms with Gasteiger partial charge in [0.2, 0.25) is 0 Å². The lowest BCUT2D eigenvalue weighted by Crippen LogP contribution is -2.20. The van der Waals surface area contributed by atoms with E-state index in [4.69, 9.17) is 0 Å². The lowest BCUT2D eigenvalue weighted by atomic mass is 9.87. The van der Waals surface area contributed by atoms with E-state index in [1.54, 1.807) is 6.21 Å². The predicted molar refractivity (Wildman–Crippen MR) is 141 cm³/mol. The van der Waals surface area contributed by atoms with Crippen LogP contribution in [0.5, 0.6) is 0 Å². The summed E-state index contributed by atoms with van der Waals surface area (Å²) in [5.74, 6) is 0.832. The molecule has 0 aliphatic carbocycles. The van der Waals surface area contributed by atoms with Crippen LogP contribution in [0.4, 0.5) is 0 Å². The Labute approximate surface area is 207 Å². The highest BCUT2D eigenvalue weighted by Gasteiger charge is 2.17. The van der Waals surface area contributed by atoms with Crippen molar-refractivity contribution in [1.29, 1.82) is 0 Å². The number of hydrazone groups is 1. The largest absolute Gasteiger partial charge is 0.302 e. The zero-order valence-corrected chi connectivity index (χ0v) is 22.0. The van der Waals surface area contributed by atoms with E-state index in [0.29, 0.717) is 5.16 Å². The fourth-order valence-corrected chi connectivity index (χ4v) is 4.22. The summed E-state index contributed by atoms with van der Waals surface area (Å²) in [5, 5.41) is 13.5. The molecule has 180 valence electrons. The van der Waals surface area contributed by atoms with Gasteiger partial charge in [-0.1, -0.05) is 102 Å². The van der Waals surface area contributed by atoms with Crippen LogP contribution in [0.3, 0.4) is 0 Å². The number of benzene rings is 2. The van der Waals surface area contributed by atoms with Gasteiger partial charge < -0.3 is 4.57 Å². The van der Waals surface area contributed by atoms with Crippen molar-refractivity contribution in [1.82, 2.24) is 20.2 Å². The SMILES string of the molecule is CCn1c(SCC(=O)N/N=C\c2ccc(C(C)(C)C)cc2)nnc1-c1ccc(C(C)(C)C)cc1. The molecule has 6 nitrogen and oxygen atoms in total. The van der Waals surface area contributed by atoms with Crippen molar-refractivity contribution in [2.24, 2.45) is 5.10 Å². The van der Waals surface area contributed by atoms with Crippen LogP contribution in [0.2, 0.25) is 0 Å². The van der Waals surface area contributed by atoms with Crippen molar-refractivity contribution in [3.8, 4) is 11.4 Å². The summed E-state index contributed by atoms with van der Waals surface area (Å²) >= 11 is 1.36. The number of thioether (sulfide) groups is 1. The minimum absolute atomic E-state index is 0.101. The van der Waals surface area contributed by atoms with Gasteiger partial charge in [0.05, 0.1) is 12.0 Å². The fraction of sp³-hybridized carbons (Fsp3) is 0.407. The topological polar surface area (TPSA) is 72.2 Å². The highest BCUT2D eigenvalue weighted by molar-refractivity contribution is 7.99. The van der Waals surface area contributed by atoms with E-state index in [-0.39, 0.29) is 22.5 Å². The van der Waals surface area contributed by atoms with Crippen molar-refractivity contribution in [3.63, 3.8) is 0 Å². The molecule has 7 heteroatoms. The molecular formula is C27H35N5OS. The van der Waals surface area contributed by atoms with E-state index in [1.165, 1.54) is 22.9 Å². The maximum Gasteiger partial charge on any atom is 0.250 e. The first kappa shape index (κ1) is 25.7. The second-order valence-electron chi connectivity index (χ2n) is 10.3. The Balaban J connectivity index is 1.58. The Morgan fingerprint density at radius 2 is 1.50 bits per heavy atom. The molecule has 0 saturated carbocycles. The van der Waals surface area contributed by atoms with Gasteiger partial charge in [-0.05, 0) is 34.4 Å². The Hall–Kier alpha value is -2.93. The summed E-state index contributed by atoms with van der Waals surface area (Å²) < 4.78 is 2.03. The first-order valence-corrected chi connectivity index (χ1v) is 12.6. The average molecular weight is 478 g/mol. The molecule has 0 bridgehead atoms. The van der Waals surface area contributed by atoms with Gasteiger partial charge in [-0.15, -0.1) is 10.2 Å². The van der Waals surface area contributed by atoms with Crippen LogP contribution in [0.25, 0.3) is 11.4 Å². The maximum absolute atomic E-state index is 12.3. The Morgan fingerprint density at radius 3 is 2.03 bits per heavy atom. The van der Waals surface area contributed by atoms with E-state index < -0.39 is 0 Å². The first-order chi connectivity index (χ1) is 16.0. The highest BCUT2D eigenvalue weighted by Crippen LogP contribution is 2.27. The molecule has 3 aromatic rings. The Morgan fingerprint density at radius 1 is 0.941 bits per heavy atom. The lowest BCUT2D eigenvalue weighted by Gasteiger charge is -2.19. The van der Waals surface area contributed by atoms with Crippen LogP contribution in [0.15, 0.2) is 58.8 Å². The van der Waals surface area contributed by atoms with Gasteiger partial charge in [0.15, 0.2) is 11.0 Å². The van der Waals surface area contributed by atoms with Gasteiger partial charge >= 0.3 is 0 Å². The van der Waals surface area contributed by atoms with Gasteiger partial charge in [0, 0.05) is 12.1 Å². The summed E-state index contributed by atoms with van der Waals surface area (Å²) in [6.45, 7) is 15.9. The number of hydrogen-bond donors (Lipinski definition) is 1. The molecule has 0 atom stereocenters. The molecule has 0 fully saturated rings. The molecular weight excluding hydrogens is 442 g/mol. The molecule has 2 aromatic carbocycles. The summed E-state index contributed by atoms with van der Waals surface area (Å²) in [5.41, 5.74) is 7.29. The van der Waals surface area contributed by atoms with E-state index in [2.05, 4.69) is 106 Å². The summed E-state index contributed by atoms with van der Waals surface area (Å²) in [4.78, 5) is 12.3. The van der Waals surface area contributed by atoms with Crippen molar-refractivity contribution in [2.45, 2.75) is 71.0 Å². The highest BCUT2D eigenvalue weighted by atomic mass is 32.2. The maximum atomic E-state index is 12.3. The number of amides is 1. The standard InChI is InChI=1S/C27H35N5OS/c1-8-32-24(20-11-15-22(16-12-20)27(5,6)7)30-31-25(32)34-18-23(33)29-28-17-19-9-13-21(14-10-19)26(2,3)4/h9-17H,8,18H2,1-7H3,(H,29,33)/b28-17-. The number of nitrogens with one attached hydrogen (secondary N) is 1. The molecule has 0 saturated heterocycles. The Bertz CT molecular complexity index is 1130. The van der Waals surface area contributed by atoms with Crippen LogP contribution >= 0.6 is 11.8 Å². The number of hydrogen-bond acceptors (Lipinski definition) is 5. The molecule has 0 spiro atoms. The van der Waals surface area contributed by atoms with Crippen molar-refractivity contribution in [3.05, 3.63) is 65.2 Å². The third-order valence-corrected chi connectivity index (χ3v) is 6.52. The minimum atomic E-state index is -0.186. The number of carbonyl (C=O) groups excluding carboxylic acids is 1. The normalized spacial score (nSPS) is 12.3. The quantitative estimate of drug-likeness (QED) is 0.265. The molecule has 0 aliphatic rings. The van der Waals surface area contributed by atoms with Crippen LogP contribution in [-0.2, 0) is 22.2 Å². The van der Waals surface area contributed by atoms with Gasteiger partial charge in [-0.25, -0.2) is 5.43 Å². The van der Waals surface area contributed by atoms with Crippen molar-refractivity contribution >= 4 is 23.9 Å². The number of nitrogens with zero attached hydrogens (tertiary/aromatic N) is 4. The zero-order valence-electron chi connectivity index (χ0n) is 21.2. The van der Waals surface area contributed by atoms with Crippen molar-refractivity contribution in [2.75, 3.05) is 5.75 Å². The molecule has 1 amide bonds. The summed E-state index contributed by atoms with van der Waals surface area (Å²) in [6.07, 6.45) is 1.66. The second-order valence-corrected chi connectivity index (χ2v) is 11.3. The Kier molecular flexibility index (Phi) is 7.97. The van der Waals surface area contributed by atoms with Gasteiger partial charge in [0.25, 0.3) is 5.91 Å². The molecule has 1 heterocycles. The number of aromatic nitrogens is 3. The second kappa shape index (κ2) is 10.6. The molecule has 0 radical (unpaired) electrons. The van der Waals surface area contributed by atoms with E-state index >= 15 is 0 Å². The van der Waals surface area contributed by atoms with Gasteiger partial charge in [0.1, 0.15) is 0 Å². The van der Waals surface area contributed by atoms with E-state index in [9.17, 15) is 4.79 Å². The van der Waals surface area contributed by atoms with Crippen LogP contribution in [0.1, 0.15) is 65.2 Å². The number of rotatable bonds is 7. The van der Waals surface area contributed by atoms with Crippen LogP contribution < -0.4 is 5.43 Å². The summed E-state index contributed by atoms with van der Waals surface area (Å²) in [6, 6.07) is 16.6. The third kappa shape index (κ3) is 6.56. The fourth-order valence-electron chi connectivity index (χ4n) is 3.42. The predicted octanol–water partition coefficient (Wildman–Crippen LogP) is 5.80. The molecule has 3 rings (SSSR count). The molecule has 1 N–H and O–H groups in total. The smallest absolute Gasteiger partial charge is 0.250 e. The van der Waals surface area contributed by atoms with Gasteiger partial charge in [-0.2, -0.15) is 5.10 Å². The zero-order chi connectivity index (χ0) is 24.9. The van der Waals surface area contributed by atoms with E-state index in [1.807, 2.05) is 16.7 Å². The first-order valence-electron chi connectivity index (χ1n) is 11.6. The minimum Gasteiger partial charge on any atom is -0.302 e. The van der Waals surface area contributed by atoms with E-state index in [0.717, 1.165) is 23.5 Å². The van der Waals surface area contributed by atoms with Crippen molar-refractivity contribution < 1.29 is 4.79 Å². The monoisotopic (exact) mass is 477 g/mol. The summed E-state index contributed by atoms with van der Waals surface area (Å²) in [7, 11) is 0.